The predicted octanol–water partition coefficient (Wildman–Crippen LogP) is 4.44. The van der Waals surface area contributed by atoms with E-state index < -0.39 is 5.97 Å². The van der Waals surface area contributed by atoms with Gasteiger partial charge in [-0.3, -0.25) is 4.79 Å². The number of carboxylic acid groups (broad SMARTS) is 1. The number of rotatable bonds is 6. The minimum atomic E-state index is -0.818. The van der Waals surface area contributed by atoms with Gasteiger partial charge in [-0.1, -0.05) is 32.4 Å². The predicted molar refractivity (Wildman–Crippen MR) is 77.4 cm³/mol. The van der Waals surface area contributed by atoms with Gasteiger partial charge in [0.1, 0.15) is 5.75 Å². The van der Waals surface area contributed by atoms with Gasteiger partial charge in [-0.15, -0.1) is 0 Å². The molecular weight excluding hydrogens is 264 g/mol. The van der Waals surface area contributed by atoms with Crippen molar-refractivity contribution in [3.63, 3.8) is 0 Å². The van der Waals surface area contributed by atoms with Crippen molar-refractivity contribution in [2.24, 2.45) is 0 Å². The van der Waals surface area contributed by atoms with Crippen LogP contribution >= 0.6 is 11.6 Å². The van der Waals surface area contributed by atoms with Crippen LogP contribution in [-0.4, -0.2) is 17.7 Å². The Morgan fingerprint density at radius 3 is 2.37 bits per heavy atom. The summed E-state index contributed by atoms with van der Waals surface area (Å²) in [6, 6.07) is 3.71. The zero-order chi connectivity index (χ0) is 14.6. The van der Waals surface area contributed by atoms with Crippen LogP contribution in [0.5, 0.6) is 5.75 Å². The van der Waals surface area contributed by atoms with Gasteiger partial charge >= 0.3 is 5.97 Å². The summed E-state index contributed by atoms with van der Waals surface area (Å²) in [7, 11) is 0. The number of carboxylic acids is 1. The molecule has 1 aromatic carbocycles. The molecule has 0 fully saturated rings. The molecule has 1 N–H and O–H groups in total. The van der Waals surface area contributed by atoms with E-state index in [9.17, 15) is 4.79 Å². The van der Waals surface area contributed by atoms with Crippen molar-refractivity contribution >= 4 is 17.6 Å². The van der Waals surface area contributed by atoms with Crippen molar-refractivity contribution in [3.05, 3.63) is 28.3 Å². The van der Waals surface area contributed by atoms with Crippen LogP contribution in [0.15, 0.2) is 12.1 Å². The van der Waals surface area contributed by atoms with Crippen LogP contribution in [0, 0.1) is 0 Å². The van der Waals surface area contributed by atoms with E-state index in [1.165, 1.54) is 0 Å². The Bertz CT molecular complexity index is 455. The van der Waals surface area contributed by atoms with Gasteiger partial charge < -0.3 is 9.84 Å². The first kappa shape index (κ1) is 15.8. The fourth-order valence-corrected chi connectivity index (χ4v) is 2.35. The largest absolute Gasteiger partial charge is 0.493 e. The van der Waals surface area contributed by atoms with E-state index >= 15 is 0 Å². The molecule has 0 bridgehead atoms. The molecule has 0 amide bonds. The summed E-state index contributed by atoms with van der Waals surface area (Å²) < 4.78 is 5.74. The third-order valence-corrected chi connectivity index (χ3v) is 3.25. The summed E-state index contributed by atoms with van der Waals surface area (Å²) >= 11 is 6.14. The van der Waals surface area contributed by atoms with E-state index in [0.717, 1.165) is 16.9 Å². The van der Waals surface area contributed by atoms with Gasteiger partial charge in [0.25, 0.3) is 0 Å². The Morgan fingerprint density at radius 2 is 1.89 bits per heavy atom. The average molecular weight is 285 g/mol. The normalized spacial score (nSPS) is 12.5. The molecule has 0 saturated carbocycles. The SMILES string of the molecule is CCOc1c(C(C)C)cc(Cl)cc1C(C)CC(=O)O. The van der Waals surface area contributed by atoms with Gasteiger partial charge in [-0.05, 0) is 42.0 Å². The molecule has 0 aliphatic heterocycles. The second-order valence-corrected chi connectivity index (χ2v) is 5.44. The number of hydrogen-bond acceptors (Lipinski definition) is 2. The van der Waals surface area contributed by atoms with Crippen LogP contribution in [0.1, 0.15) is 57.1 Å². The van der Waals surface area contributed by atoms with Crippen molar-refractivity contribution < 1.29 is 14.6 Å². The average Bonchev–Trinajstić information content (AvgIpc) is 2.29. The first-order chi connectivity index (χ1) is 8.86. The molecule has 1 rings (SSSR count). The highest BCUT2D eigenvalue weighted by Gasteiger charge is 2.20. The maximum atomic E-state index is 10.9. The molecule has 1 aromatic rings. The number of carbonyl (C=O) groups is 1. The molecule has 4 heteroatoms. The molecular formula is C15H21ClO3. The molecule has 19 heavy (non-hydrogen) atoms. The van der Waals surface area contributed by atoms with Crippen molar-refractivity contribution in [1.82, 2.24) is 0 Å². The highest BCUT2D eigenvalue weighted by atomic mass is 35.5. The molecule has 0 spiro atoms. The van der Waals surface area contributed by atoms with Crippen LogP contribution in [0.2, 0.25) is 5.02 Å². The van der Waals surface area contributed by atoms with Crippen molar-refractivity contribution in [2.45, 2.75) is 46.0 Å². The fraction of sp³-hybridized carbons (Fsp3) is 0.533. The molecule has 0 aromatic heterocycles. The molecule has 0 saturated heterocycles. The monoisotopic (exact) mass is 284 g/mol. The van der Waals surface area contributed by atoms with Crippen molar-refractivity contribution in [3.8, 4) is 5.75 Å². The zero-order valence-corrected chi connectivity index (χ0v) is 12.6. The highest BCUT2D eigenvalue weighted by molar-refractivity contribution is 6.30. The van der Waals surface area contributed by atoms with Crippen LogP contribution < -0.4 is 4.74 Å². The molecule has 0 heterocycles. The van der Waals surface area contributed by atoms with Gasteiger partial charge in [0.05, 0.1) is 13.0 Å². The van der Waals surface area contributed by atoms with Gasteiger partial charge in [0, 0.05) is 5.02 Å². The summed E-state index contributed by atoms with van der Waals surface area (Å²) in [4.78, 5) is 10.9. The van der Waals surface area contributed by atoms with Gasteiger partial charge in [-0.2, -0.15) is 0 Å². The number of halogens is 1. The number of hydrogen-bond donors (Lipinski definition) is 1. The Balaban J connectivity index is 3.30. The van der Waals surface area contributed by atoms with Crippen molar-refractivity contribution in [1.29, 1.82) is 0 Å². The smallest absolute Gasteiger partial charge is 0.303 e. The Labute approximate surface area is 119 Å². The third kappa shape index (κ3) is 4.13. The van der Waals surface area contributed by atoms with E-state index in [2.05, 4.69) is 13.8 Å². The van der Waals surface area contributed by atoms with Crippen LogP contribution in [0.4, 0.5) is 0 Å². The summed E-state index contributed by atoms with van der Waals surface area (Å²) in [5.74, 6) is 0.114. The maximum absolute atomic E-state index is 10.9. The van der Waals surface area contributed by atoms with E-state index in [4.69, 9.17) is 21.4 Å². The minimum Gasteiger partial charge on any atom is -0.493 e. The standard InChI is InChI=1S/C15H21ClO3/c1-5-19-15-12(9(2)3)7-11(16)8-13(15)10(4)6-14(17)18/h7-10H,5-6H2,1-4H3,(H,17,18). The van der Waals surface area contributed by atoms with Crippen LogP contribution in [-0.2, 0) is 4.79 Å². The molecule has 1 unspecified atom stereocenters. The molecule has 1 atom stereocenters. The lowest BCUT2D eigenvalue weighted by molar-refractivity contribution is -0.137. The second kappa shape index (κ2) is 6.80. The van der Waals surface area contributed by atoms with E-state index in [1.807, 2.05) is 26.0 Å². The van der Waals surface area contributed by atoms with Crippen LogP contribution in [0.3, 0.4) is 0 Å². The third-order valence-electron chi connectivity index (χ3n) is 3.03. The Morgan fingerprint density at radius 1 is 1.32 bits per heavy atom. The maximum Gasteiger partial charge on any atom is 0.303 e. The fourth-order valence-electron chi connectivity index (χ4n) is 2.11. The second-order valence-electron chi connectivity index (χ2n) is 5.00. The summed E-state index contributed by atoms with van der Waals surface area (Å²) in [5, 5.41) is 9.56. The van der Waals surface area contributed by atoms with Gasteiger partial charge in [-0.25, -0.2) is 0 Å². The molecule has 0 aliphatic carbocycles. The first-order valence-corrected chi connectivity index (χ1v) is 6.92. The zero-order valence-electron chi connectivity index (χ0n) is 11.9. The van der Waals surface area contributed by atoms with E-state index in [0.29, 0.717) is 11.6 Å². The molecule has 0 radical (unpaired) electrons. The minimum absolute atomic E-state index is 0.0674. The lowest BCUT2D eigenvalue weighted by atomic mass is 9.91. The van der Waals surface area contributed by atoms with Gasteiger partial charge in [0.15, 0.2) is 0 Å². The summed E-state index contributed by atoms with van der Waals surface area (Å²) in [6.07, 6.45) is 0.0674. The van der Waals surface area contributed by atoms with E-state index in [-0.39, 0.29) is 18.3 Å². The summed E-state index contributed by atoms with van der Waals surface area (Å²) in [5.41, 5.74) is 1.90. The Kier molecular flexibility index (Phi) is 5.67. The number of aliphatic carboxylic acids is 1. The topological polar surface area (TPSA) is 46.5 Å². The quantitative estimate of drug-likeness (QED) is 0.840. The first-order valence-electron chi connectivity index (χ1n) is 6.54. The molecule has 106 valence electrons. The number of ether oxygens (including phenoxy) is 1. The summed E-state index contributed by atoms with van der Waals surface area (Å²) in [6.45, 7) is 8.49. The van der Waals surface area contributed by atoms with Crippen molar-refractivity contribution in [2.75, 3.05) is 6.61 Å². The van der Waals surface area contributed by atoms with Crippen LogP contribution in [0.25, 0.3) is 0 Å². The lowest BCUT2D eigenvalue weighted by Crippen LogP contribution is -2.08. The van der Waals surface area contributed by atoms with Gasteiger partial charge in [0.2, 0.25) is 0 Å². The lowest BCUT2D eigenvalue weighted by Gasteiger charge is -2.21. The highest BCUT2D eigenvalue weighted by Crippen LogP contribution is 2.38. The Hall–Kier alpha value is -1.22. The molecule has 0 aliphatic rings. The van der Waals surface area contributed by atoms with E-state index in [1.54, 1.807) is 0 Å². The number of benzene rings is 1. The molecule has 3 nitrogen and oxygen atoms in total.